The Kier molecular flexibility index (Phi) is 5.48. The van der Waals surface area contributed by atoms with Crippen molar-refractivity contribution >= 4 is 26.0 Å². The molecule has 2 bridgehead atoms. The number of hydrogen-bond acceptors (Lipinski definition) is 5. The van der Waals surface area contributed by atoms with Crippen LogP contribution in [0.25, 0.3) is 0 Å². The van der Waals surface area contributed by atoms with Crippen LogP contribution in [0.3, 0.4) is 0 Å². The molecule has 1 fully saturated rings. The molecule has 5 nitrogen and oxygen atoms in total. The summed E-state index contributed by atoms with van der Waals surface area (Å²) in [5, 5.41) is 0. The van der Waals surface area contributed by atoms with E-state index < -0.39 is 14.7 Å². The van der Waals surface area contributed by atoms with E-state index in [0.717, 1.165) is 25.7 Å². The van der Waals surface area contributed by atoms with Crippen LogP contribution >= 0.6 is 10.7 Å². The first-order chi connectivity index (χ1) is 10.5. The van der Waals surface area contributed by atoms with E-state index in [1.54, 1.807) is 0 Å². The van der Waals surface area contributed by atoms with E-state index in [1.807, 2.05) is 13.8 Å². The first-order valence-electron chi connectivity index (χ1n) is 7.96. The van der Waals surface area contributed by atoms with Crippen molar-refractivity contribution in [3.63, 3.8) is 0 Å². The summed E-state index contributed by atoms with van der Waals surface area (Å²) in [5.74, 6) is 0.390. The van der Waals surface area contributed by atoms with Crippen molar-refractivity contribution in [1.29, 1.82) is 0 Å². The monoisotopic (exact) mass is 364 g/mol. The Labute approximate surface area is 143 Å². The molecule has 0 radical (unpaired) electrons. The molecule has 0 aromatic heterocycles. The lowest BCUT2D eigenvalue weighted by molar-refractivity contribution is -0.158. The van der Waals surface area contributed by atoms with Gasteiger partial charge in [-0.05, 0) is 43.4 Å². The van der Waals surface area contributed by atoms with Gasteiger partial charge in [-0.2, -0.15) is 8.42 Å². The largest absolute Gasteiger partial charge is 0.465 e. The molecule has 0 spiro atoms. The van der Waals surface area contributed by atoms with Crippen molar-refractivity contribution in [2.45, 2.75) is 52.9 Å². The Morgan fingerprint density at radius 3 is 2.83 bits per heavy atom. The standard InChI is InChI=1S/C16H25ClO5S/c1-12-8-13-4-5-16(9-12,10-13)14(18)21-7-6-15(2,3)11-22-23(17,19)20/h4,12H,5-11H2,1-3H3. The van der Waals surface area contributed by atoms with E-state index in [0.29, 0.717) is 12.3 Å². The van der Waals surface area contributed by atoms with Gasteiger partial charge in [0.25, 0.3) is 0 Å². The smallest absolute Gasteiger partial charge is 0.355 e. The van der Waals surface area contributed by atoms with E-state index in [2.05, 4.69) is 17.2 Å². The molecule has 0 aromatic carbocycles. The van der Waals surface area contributed by atoms with Crippen molar-refractivity contribution in [3.8, 4) is 0 Å². The number of rotatable bonds is 7. The lowest BCUT2D eigenvalue weighted by atomic mass is 9.71. The molecule has 2 rings (SSSR count). The van der Waals surface area contributed by atoms with Gasteiger partial charge in [0.2, 0.25) is 0 Å². The van der Waals surface area contributed by atoms with Crippen LogP contribution in [-0.4, -0.2) is 27.6 Å². The highest BCUT2D eigenvalue weighted by molar-refractivity contribution is 8.09. The van der Waals surface area contributed by atoms with Gasteiger partial charge in [-0.1, -0.05) is 32.4 Å². The predicted octanol–water partition coefficient (Wildman–Crippen LogP) is 3.58. The SMILES string of the molecule is CC1CC2=CCC(C(=O)OCCC(C)(C)COS(=O)(=O)Cl)(C2)C1. The van der Waals surface area contributed by atoms with Gasteiger partial charge < -0.3 is 4.74 Å². The maximum atomic E-state index is 12.5. The minimum atomic E-state index is -3.97. The van der Waals surface area contributed by atoms with Crippen LogP contribution < -0.4 is 0 Å². The Morgan fingerprint density at radius 1 is 1.48 bits per heavy atom. The highest BCUT2D eigenvalue weighted by atomic mass is 35.7. The van der Waals surface area contributed by atoms with Crippen LogP contribution in [0.5, 0.6) is 0 Å². The summed E-state index contributed by atoms with van der Waals surface area (Å²) in [5.41, 5.74) is 0.563. The van der Waals surface area contributed by atoms with E-state index in [-0.39, 0.29) is 24.6 Å². The van der Waals surface area contributed by atoms with Gasteiger partial charge in [0.05, 0.1) is 18.6 Å². The van der Waals surface area contributed by atoms with Crippen LogP contribution in [0, 0.1) is 16.7 Å². The van der Waals surface area contributed by atoms with Crippen LogP contribution in [0.2, 0.25) is 0 Å². The summed E-state index contributed by atoms with van der Waals surface area (Å²) in [7, 11) is 1.07. The summed E-state index contributed by atoms with van der Waals surface area (Å²) in [4.78, 5) is 12.5. The molecule has 0 saturated heterocycles. The topological polar surface area (TPSA) is 69.7 Å². The van der Waals surface area contributed by atoms with Gasteiger partial charge in [0.15, 0.2) is 0 Å². The molecule has 23 heavy (non-hydrogen) atoms. The second-order valence-corrected chi connectivity index (χ2v) is 9.90. The highest BCUT2D eigenvalue weighted by Gasteiger charge is 2.47. The summed E-state index contributed by atoms with van der Waals surface area (Å²) in [6.07, 6.45) is 6.27. The number of carbonyl (C=O) groups excluding carboxylic acids is 1. The summed E-state index contributed by atoms with van der Waals surface area (Å²) in [6, 6.07) is 0. The fraction of sp³-hybridized carbons (Fsp3) is 0.812. The number of allylic oxidation sites excluding steroid dienone is 2. The fourth-order valence-electron chi connectivity index (χ4n) is 3.53. The third-order valence-electron chi connectivity index (χ3n) is 4.73. The van der Waals surface area contributed by atoms with Crippen molar-refractivity contribution < 1.29 is 22.1 Å². The van der Waals surface area contributed by atoms with Crippen LogP contribution in [0.4, 0.5) is 0 Å². The average molecular weight is 365 g/mol. The molecule has 2 unspecified atom stereocenters. The van der Waals surface area contributed by atoms with Crippen molar-refractivity contribution in [2.75, 3.05) is 13.2 Å². The highest BCUT2D eigenvalue weighted by Crippen LogP contribution is 2.50. The molecule has 0 aliphatic heterocycles. The van der Waals surface area contributed by atoms with E-state index in [9.17, 15) is 13.2 Å². The maximum Gasteiger partial charge on any atom is 0.355 e. The van der Waals surface area contributed by atoms with Crippen LogP contribution in [0.1, 0.15) is 52.9 Å². The van der Waals surface area contributed by atoms with E-state index in [4.69, 9.17) is 15.4 Å². The lowest BCUT2D eigenvalue weighted by Gasteiger charge is -2.34. The summed E-state index contributed by atoms with van der Waals surface area (Å²) in [6.45, 7) is 6.08. The molecule has 132 valence electrons. The fourth-order valence-corrected chi connectivity index (χ4v) is 4.12. The zero-order valence-corrected chi connectivity index (χ0v) is 15.5. The first-order valence-corrected chi connectivity index (χ1v) is 10.2. The summed E-state index contributed by atoms with van der Waals surface area (Å²) >= 11 is 0. The van der Waals surface area contributed by atoms with Crippen molar-refractivity contribution in [1.82, 2.24) is 0 Å². The molecule has 1 saturated carbocycles. The van der Waals surface area contributed by atoms with Crippen LogP contribution in [0.15, 0.2) is 11.6 Å². The van der Waals surface area contributed by atoms with Crippen molar-refractivity contribution in [3.05, 3.63) is 11.6 Å². The second-order valence-electron chi connectivity index (χ2n) is 7.74. The Balaban J connectivity index is 1.81. The summed E-state index contributed by atoms with van der Waals surface area (Å²) < 4.78 is 31.8. The Bertz CT molecular complexity index is 596. The van der Waals surface area contributed by atoms with Gasteiger partial charge in [0.1, 0.15) is 0 Å². The Hall–Kier alpha value is -0.590. The van der Waals surface area contributed by atoms with Crippen LogP contribution in [-0.2, 0) is 23.0 Å². The number of esters is 1. The molecular weight excluding hydrogens is 340 g/mol. The number of carbonyl (C=O) groups is 1. The predicted molar refractivity (Wildman–Crippen MR) is 88.2 cm³/mol. The Morgan fingerprint density at radius 2 is 2.17 bits per heavy atom. The molecule has 0 heterocycles. The normalized spacial score (nSPS) is 27.7. The third kappa shape index (κ3) is 5.19. The van der Waals surface area contributed by atoms with E-state index >= 15 is 0 Å². The second kappa shape index (κ2) is 6.73. The number of fused-ring (bicyclic) bond motifs is 2. The number of hydrogen-bond donors (Lipinski definition) is 0. The maximum absolute atomic E-state index is 12.5. The minimum absolute atomic E-state index is 0.0374. The lowest BCUT2D eigenvalue weighted by Crippen LogP contribution is -2.35. The van der Waals surface area contributed by atoms with Gasteiger partial charge in [-0.25, -0.2) is 0 Å². The molecule has 2 aliphatic carbocycles. The average Bonchev–Trinajstić information content (AvgIpc) is 2.72. The molecule has 2 aliphatic rings. The molecule has 0 N–H and O–H groups in total. The van der Waals surface area contributed by atoms with Gasteiger partial charge >= 0.3 is 15.3 Å². The molecule has 7 heteroatoms. The zero-order chi connectivity index (χ0) is 17.3. The van der Waals surface area contributed by atoms with Gasteiger partial charge in [0, 0.05) is 10.7 Å². The van der Waals surface area contributed by atoms with Gasteiger partial charge in [-0.15, -0.1) is 0 Å². The van der Waals surface area contributed by atoms with Gasteiger partial charge in [-0.3, -0.25) is 8.98 Å². The zero-order valence-electron chi connectivity index (χ0n) is 13.9. The molecular formula is C16H25ClO5S. The number of ether oxygens (including phenoxy) is 1. The number of halogens is 1. The minimum Gasteiger partial charge on any atom is -0.465 e. The van der Waals surface area contributed by atoms with E-state index in [1.165, 1.54) is 5.57 Å². The third-order valence-corrected chi connectivity index (χ3v) is 5.40. The molecule has 2 atom stereocenters. The molecule has 0 aromatic rings. The first kappa shape index (κ1) is 18.7. The molecule has 0 amide bonds. The quantitative estimate of drug-likeness (QED) is 0.392. The van der Waals surface area contributed by atoms with Crippen molar-refractivity contribution in [2.24, 2.45) is 16.7 Å².